The molecule has 0 heterocycles. The Morgan fingerprint density at radius 3 is 2.23 bits per heavy atom. The zero-order valence-electron chi connectivity index (χ0n) is 11.7. The van der Waals surface area contributed by atoms with Crippen molar-refractivity contribution in [2.24, 2.45) is 5.73 Å². The molecule has 22 heavy (non-hydrogen) atoms. The lowest BCUT2D eigenvalue weighted by Gasteiger charge is -2.28. The maximum absolute atomic E-state index is 13.0. The van der Waals surface area contributed by atoms with Crippen LogP contribution in [0.1, 0.15) is 31.2 Å². The lowest BCUT2D eigenvalue weighted by molar-refractivity contribution is -0.139. The molecule has 1 aliphatic carbocycles. The number of rotatable bonds is 4. The average molecular weight is 359 g/mol. The van der Waals surface area contributed by atoms with E-state index in [-0.39, 0.29) is 19.0 Å². The third kappa shape index (κ3) is 3.92. The summed E-state index contributed by atoms with van der Waals surface area (Å²) in [6, 6.07) is 4.16. The number of alkyl halides is 3. The van der Waals surface area contributed by atoms with Crippen LogP contribution in [-0.4, -0.2) is 20.5 Å². The van der Waals surface area contributed by atoms with Crippen LogP contribution >= 0.6 is 12.4 Å². The van der Waals surface area contributed by atoms with Crippen molar-refractivity contribution in [2.45, 2.75) is 42.3 Å². The zero-order valence-corrected chi connectivity index (χ0v) is 13.3. The highest BCUT2D eigenvalue weighted by Gasteiger charge is 2.41. The number of nitrogens with two attached hydrogens (primary N) is 1. The lowest BCUT2D eigenvalue weighted by atomic mass is 10.0. The molecule has 0 bridgehead atoms. The molecule has 1 fully saturated rings. The molecule has 1 aliphatic rings. The molecule has 0 radical (unpaired) electrons. The Kier molecular flexibility index (Phi) is 5.88. The minimum absolute atomic E-state index is 0. The Morgan fingerprint density at radius 1 is 1.18 bits per heavy atom. The topological polar surface area (TPSA) is 72.2 Å². The minimum atomic E-state index is -4.73. The van der Waals surface area contributed by atoms with E-state index in [0.29, 0.717) is 12.8 Å². The monoisotopic (exact) mass is 358 g/mol. The Hall–Kier alpha value is -0.830. The fraction of sp³-hybridized carbons (Fsp3) is 0.538. The second-order valence-corrected chi connectivity index (χ2v) is 6.94. The maximum Gasteiger partial charge on any atom is 0.417 e. The molecule has 0 spiro atoms. The molecule has 4 nitrogen and oxygen atoms in total. The van der Waals surface area contributed by atoms with Crippen LogP contribution in [0.5, 0.6) is 0 Å². The number of benzene rings is 1. The summed E-state index contributed by atoms with van der Waals surface area (Å²) in [6.07, 6.45) is -2.04. The first-order chi connectivity index (χ1) is 9.70. The third-order valence-electron chi connectivity index (χ3n) is 3.78. The largest absolute Gasteiger partial charge is 0.417 e. The summed E-state index contributed by atoms with van der Waals surface area (Å²) in [7, 11) is -4.28. The van der Waals surface area contributed by atoms with Crippen molar-refractivity contribution in [3.05, 3.63) is 29.8 Å². The van der Waals surface area contributed by atoms with Crippen molar-refractivity contribution in [3.8, 4) is 0 Å². The van der Waals surface area contributed by atoms with Gasteiger partial charge < -0.3 is 5.73 Å². The van der Waals surface area contributed by atoms with Gasteiger partial charge in [-0.25, -0.2) is 13.1 Å². The van der Waals surface area contributed by atoms with E-state index in [1.807, 2.05) is 0 Å². The normalized spacial score (nSPS) is 18.0. The van der Waals surface area contributed by atoms with Gasteiger partial charge in [-0.1, -0.05) is 25.0 Å². The first-order valence-electron chi connectivity index (χ1n) is 6.60. The standard InChI is InChI=1S/C13H17F3N2O2S.ClH/c14-13(15,16)10-5-1-2-6-11(10)21(19,20)18-12(9-17)7-3-4-8-12;/h1-2,5-6,18H,3-4,7-9,17H2;1H. The first kappa shape index (κ1) is 19.2. The molecule has 0 aromatic heterocycles. The van der Waals surface area contributed by atoms with E-state index in [4.69, 9.17) is 5.73 Å². The van der Waals surface area contributed by atoms with Gasteiger partial charge in [0.15, 0.2) is 0 Å². The molecule has 0 unspecified atom stereocenters. The highest BCUT2D eigenvalue weighted by atomic mass is 35.5. The summed E-state index contributed by atoms with van der Waals surface area (Å²) in [5, 5.41) is 0. The van der Waals surface area contributed by atoms with Crippen molar-refractivity contribution < 1.29 is 21.6 Å². The molecule has 126 valence electrons. The molecular weight excluding hydrogens is 341 g/mol. The average Bonchev–Trinajstić information content (AvgIpc) is 2.86. The van der Waals surface area contributed by atoms with Gasteiger partial charge >= 0.3 is 6.18 Å². The molecule has 9 heteroatoms. The van der Waals surface area contributed by atoms with Crippen LogP contribution < -0.4 is 10.5 Å². The molecule has 1 saturated carbocycles. The second-order valence-electron chi connectivity index (χ2n) is 5.29. The molecule has 0 aliphatic heterocycles. The van der Waals surface area contributed by atoms with E-state index < -0.39 is 32.2 Å². The molecule has 1 aromatic carbocycles. The van der Waals surface area contributed by atoms with E-state index in [9.17, 15) is 21.6 Å². The predicted molar refractivity (Wildman–Crippen MR) is 79.3 cm³/mol. The SMILES string of the molecule is Cl.NCC1(NS(=O)(=O)c2ccccc2C(F)(F)F)CCCC1. The number of hydrogen-bond acceptors (Lipinski definition) is 3. The smallest absolute Gasteiger partial charge is 0.329 e. The number of nitrogens with one attached hydrogen (secondary N) is 1. The van der Waals surface area contributed by atoms with Crippen LogP contribution in [0.3, 0.4) is 0 Å². The van der Waals surface area contributed by atoms with E-state index in [2.05, 4.69) is 4.72 Å². The fourth-order valence-corrected chi connectivity index (χ4v) is 4.37. The van der Waals surface area contributed by atoms with Crippen molar-refractivity contribution in [1.82, 2.24) is 4.72 Å². The van der Waals surface area contributed by atoms with Crippen LogP contribution in [0.25, 0.3) is 0 Å². The second kappa shape index (κ2) is 6.74. The van der Waals surface area contributed by atoms with Gasteiger partial charge in [-0.2, -0.15) is 13.2 Å². The summed E-state index contributed by atoms with van der Waals surface area (Å²) < 4.78 is 66.0. The van der Waals surface area contributed by atoms with Crippen molar-refractivity contribution in [2.75, 3.05) is 6.54 Å². The first-order valence-corrected chi connectivity index (χ1v) is 8.09. The van der Waals surface area contributed by atoms with E-state index in [1.54, 1.807) is 0 Å². The van der Waals surface area contributed by atoms with Crippen LogP contribution in [0.15, 0.2) is 29.2 Å². The summed E-state index contributed by atoms with van der Waals surface area (Å²) in [6.45, 7) is 0.0699. The van der Waals surface area contributed by atoms with Gasteiger partial charge in [0.2, 0.25) is 10.0 Å². The minimum Gasteiger partial charge on any atom is -0.329 e. The van der Waals surface area contributed by atoms with Gasteiger partial charge in [0.05, 0.1) is 10.5 Å². The summed E-state index contributed by atoms with van der Waals surface area (Å²) >= 11 is 0. The molecule has 0 saturated heterocycles. The molecule has 0 amide bonds. The lowest BCUT2D eigenvalue weighted by Crippen LogP contribution is -2.51. The van der Waals surface area contributed by atoms with Crippen LogP contribution in [-0.2, 0) is 16.2 Å². The maximum atomic E-state index is 13.0. The van der Waals surface area contributed by atoms with E-state index >= 15 is 0 Å². The van der Waals surface area contributed by atoms with E-state index in [0.717, 1.165) is 31.0 Å². The van der Waals surface area contributed by atoms with Crippen molar-refractivity contribution in [1.29, 1.82) is 0 Å². The molecule has 0 atom stereocenters. The number of halogens is 4. The number of hydrogen-bond donors (Lipinski definition) is 2. The van der Waals surface area contributed by atoms with Crippen molar-refractivity contribution in [3.63, 3.8) is 0 Å². The molecular formula is C13H18ClF3N2O2S. The molecule has 3 N–H and O–H groups in total. The van der Waals surface area contributed by atoms with Gasteiger partial charge in [0.1, 0.15) is 0 Å². The summed E-state index contributed by atoms with van der Waals surface area (Å²) in [4.78, 5) is -0.753. The quantitative estimate of drug-likeness (QED) is 0.869. The number of sulfonamides is 1. The molecule has 2 rings (SSSR count). The van der Waals surface area contributed by atoms with Gasteiger partial charge in [-0.05, 0) is 25.0 Å². The van der Waals surface area contributed by atoms with Gasteiger partial charge in [0.25, 0.3) is 0 Å². The Bertz CT molecular complexity index is 614. The summed E-state index contributed by atoms with van der Waals surface area (Å²) in [5.74, 6) is 0. The predicted octanol–water partition coefficient (Wildman–Crippen LogP) is 2.68. The third-order valence-corrected chi connectivity index (χ3v) is 5.42. The van der Waals surface area contributed by atoms with Crippen LogP contribution in [0.2, 0.25) is 0 Å². The summed E-state index contributed by atoms with van der Waals surface area (Å²) in [5.41, 5.74) is 3.63. The highest BCUT2D eigenvalue weighted by Crippen LogP contribution is 2.36. The fourth-order valence-electron chi connectivity index (χ4n) is 2.67. The highest BCUT2D eigenvalue weighted by molar-refractivity contribution is 7.89. The Balaban J connectivity index is 0.00000242. The van der Waals surface area contributed by atoms with Gasteiger partial charge in [-0.15, -0.1) is 12.4 Å². The Labute approximate surface area is 133 Å². The van der Waals surface area contributed by atoms with Crippen LogP contribution in [0.4, 0.5) is 13.2 Å². The zero-order chi connectivity index (χ0) is 15.7. The van der Waals surface area contributed by atoms with Crippen LogP contribution in [0, 0.1) is 0 Å². The van der Waals surface area contributed by atoms with E-state index in [1.165, 1.54) is 6.07 Å². The van der Waals surface area contributed by atoms with Gasteiger partial charge in [-0.3, -0.25) is 0 Å². The van der Waals surface area contributed by atoms with Gasteiger partial charge in [0, 0.05) is 12.1 Å². The van der Waals surface area contributed by atoms with Crippen molar-refractivity contribution >= 4 is 22.4 Å². The Morgan fingerprint density at radius 2 is 1.73 bits per heavy atom. The molecule has 1 aromatic rings.